The first-order valence-electron chi connectivity index (χ1n) is 3.87. The van der Waals surface area contributed by atoms with E-state index in [-0.39, 0.29) is 0 Å². The third-order valence-corrected chi connectivity index (χ3v) is 1.78. The van der Waals surface area contributed by atoms with E-state index in [1.165, 1.54) is 7.11 Å². The summed E-state index contributed by atoms with van der Waals surface area (Å²) >= 11 is 0. The number of anilines is 1. The molecule has 1 aromatic carbocycles. The van der Waals surface area contributed by atoms with Crippen LogP contribution in [0.4, 0.5) is 11.4 Å². The summed E-state index contributed by atoms with van der Waals surface area (Å²) < 4.78 is 5.01. The largest absolute Gasteiger partial charge is 0.494 e. The fourth-order valence-corrected chi connectivity index (χ4v) is 1.02. The maximum atomic E-state index is 10.3. The molecular formula is C9H12N2O2. The Labute approximate surface area is 77.1 Å². The third-order valence-electron chi connectivity index (χ3n) is 1.78. The lowest BCUT2D eigenvalue weighted by Crippen LogP contribution is -2.08. The number of nitrogens with zero attached hydrogens (tertiary/aromatic N) is 2. The molecule has 0 saturated carbocycles. The van der Waals surface area contributed by atoms with Crippen molar-refractivity contribution in [3.8, 4) is 5.75 Å². The van der Waals surface area contributed by atoms with Crippen LogP contribution in [0.5, 0.6) is 5.75 Å². The first-order valence-corrected chi connectivity index (χ1v) is 3.87. The van der Waals surface area contributed by atoms with Crippen molar-refractivity contribution in [2.75, 3.05) is 26.1 Å². The highest BCUT2D eigenvalue weighted by atomic mass is 16.5. The van der Waals surface area contributed by atoms with Gasteiger partial charge < -0.3 is 9.64 Å². The Morgan fingerprint density at radius 3 is 2.54 bits per heavy atom. The lowest BCUT2D eigenvalue weighted by atomic mass is 10.2. The molecule has 1 rings (SSSR count). The number of hydrogen-bond donors (Lipinski definition) is 0. The van der Waals surface area contributed by atoms with Crippen molar-refractivity contribution in [1.29, 1.82) is 0 Å². The molecule has 0 spiro atoms. The quantitative estimate of drug-likeness (QED) is 0.669. The molecule has 0 radical (unpaired) electrons. The summed E-state index contributed by atoms with van der Waals surface area (Å²) in [5, 5.41) is 2.85. The van der Waals surface area contributed by atoms with Crippen molar-refractivity contribution in [1.82, 2.24) is 0 Å². The molecule has 0 aliphatic heterocycles. The van der Waals surface area contributed by atoms with E-state index in [1.54, 1.807) is 12.1 Å². The Balaban J connectivity index is 3.12. The molecule has 0 amide bonds. The molecule has 4 nitrogen and oxygen atoms in total. The van der Waals surface area contributed by atoms with Gasteiger partial charge in [-0.05, 0) is 17.3 Å². The van der Waals surface area contributed by atoms with Gasteiger partial charge in [0.15, 0.2) is 0 Å². The van der Waals surface area contributed by atoms with E-state index in [1.807, 2.05) is 25.1 Å². The van der Waals surface area contributed by atoms with Crippen LogP contribution in [0, 0.1) is 4.91 Å². The zero-order valence-corrected chi connectivity index (χ0v) is 7.94. The van der Waals surface area contributed by atoms with Crippen LogP contribution in [-0.4, -0.2) is 21.2 Å². The average Bonchev–Trinajstić information content (AvgIpc) is 2.16. The van der Waals surface area contributed by atoms with Crippen molar-refractivity contribution in [2.45, 2.75) is 0 Å². The molecule has 0 N–H and O–H groups in total. The number of benzene rings is 1. The van der Waals surface area contributed by atoms with Crippen molar-refractivity contribution < 1.29 is 4.74 Å². The predicted molar refractivity (Wildman–Crippen MR) is 52.8 cm³/mol. The highest BCUT2D eigenvalue weighted by Crippen LogP contribution is 2.30. The van der Waals surface area contributed by atoms with Gasteiger partial charge in [0.25, 0.3) is 0 Å². The van der Waals surface area contributed by atoms with Crippen LogP contribution in [0.15, 0.2) is 23.4 Å². The van der Waals surface area contributed by atoms with E-state index in [2.05, 4.69) is 5.18 Å². The molecule has 0 heterocycles. The number of nitroso groups, excluding NO2 is 1. The normalized spacial score (nSPS) is 9.46. The van der Waals surface area contributed by atoms with Crippen LogP contribution in [-0.2, 0) is 0 Å². The average molecular weight is 180 g/mol. The molecule has 70 valence electrons. The van der Waals surface area contributed by atoms with Gasteiger partial charge in [-0.25, -0.2) is 0 Å². The molecule has 13 heavy (non-hydrogen) atoms. The molecule has 0 aromatic heterocycles. The second-order valence-corrected chi connectivity index (χ2v) is 2.84. The van der Waals surface area contributed by atoms with Crippen LogP contribution in [0.3, 0.4) is 0 Å². The Morgan fingerprint density at radius 2 is 2.08 bits per heavy atom. The van der Waals surface area contributed by atoms with E-state index in [0.717, 1.165) is 5.69 Å². The van der Waals surface area contributed by atoms with Crippen LogP contribution in [0.2, 0.25) is 0 Å². The zero-order chi connectivity index (χ0) is 9.84. The van der Waals surface area contributed by atoms with Gasteiger partial charge in [0, 0.05) is 25.8 Å². The molecular weight excluding hydrogens is 168 g/mol. The van der Waals surface area contributed by atoms with E-state index < -0.39 is 0 Å². The molecule has 0 atom stereocenters. The highest BCUT2D eigenvalue weighted by Gasteiger charge is 2.04. The minimum atomic E-state index is 0.327. The zero-order valence-electron chi connectivity index (χ0n) is 7.94. The minimum Gasteiger partial charge on any atom is -0.494 e. The molecule has 0 bridgehead atoms. The second-order valence-electron chi connectivity index (χ2n) is 2.84. The molecule has 0 unspecified atom stereocenters. The summed E-state index contributed by atoms with van der Waals surface area (Å²) in [6.07, 6.45) is 0. The van der Waals surface area contributed by atoms with Gasteiger partial charge in [0.2, 0.25) is 0 Å². The topological polar surface area (TPSA) is 41.9 Å². The first-order chi connectivity index (χ1) is 6.19. The molecule has 4 heteroatoms. The second kappa shape index (κ2) is 3.89. The van der Waals surface area contributed by atoms with Crippen LogP contribution in [0.1, 0.15) is 0 Å². The fourth-order valence-electron chi connectivity index (χ4n) is 1.02. The lowest BCUT2D eigenvalue weighted by Gasteiger charge is -2.13. The van der Waals surface area contributed by atoms with Crippen molar-refractivity contribution >= 4 is 11.4 Å². The summed E-state index contributed by atoms with van der Waals surface area (Å²) in [4.78, 5) is 12.3. The molecule has 0 fully saturated rings. The van der Waals surface area contributed by atoms with Gasteiger partial charge in [-0.3, -0.25) is 0 Å². The van der Waals surface area contributed by atoms with Crippen molar-refractivity contribution in [2.24, 2.45) is 5.18 Å². The predicted octanol–water partition coefficient (Wildman–Crippen LogP) is 2.16. The van der Waals surface area contributed by atoms with Gasteiger partial charge >= 0.3 is 0 Å². The Morgan fingerprint density at radius 1 is 1.38 bits per heavy atom. The number of methoxy groups -OCH3 is 1. The summed E-state index contributed by atoms with van der Waals surface area (Å²) in [6.45, 7) is 0. The first kappa shape index (κ1) is 9.51. The van der Waals surface area contributed by atoms with Crippen LogP contribution < -0.4 is 9.64 Å². The number of rotatable bonds is 3. The van der Waals surface area contributed by atoms with Crippen LogP contribution in [0.25, 0.3) is 0 Å². The Hall–Kier alpha value is -1.58. The van der Waals surface area contributed by atoms with Gasteiger partial charge in [-0.1, -0.05) is 0 Å². The number of ether oxygens (including phenoxy) is 1. The summed E-state index contributed by atoms with van der Waals surface area (Å²) in [5.74, 6) is 0.501. The lowest BCUT2D eigenvalue weighted by molar-refractivity contribution is 0.416. The highest BCUT2D eigenvalue weighted by molar-refractivity contribution is 5.61. The van der Waals surface area contributed by atoms with Crippen molar-refractivity contribution in [3.63, 3.8) is 0 Å². The molecule has 0 aliphatic carbocycles. The van der Waals surface area contributed by atoms with E-state index in [9.17, 15) is 4.91 Å². The van der Waals surface area contributed by atoms with Gasteiger partial charge in [0.1, 0.15) is 11.4 Å². The summed E-state index contributed by atoms with van der Waals surface area (Å²) in [6, 6.07) is 5.23. The smallest absolute Gasteiger partial charge is 0.150 e. The molecule has 0 saturated heterocycles. The molecule has 0 aliphatic rings. The van der Waals surface area contributed by atoms with E-state index in [0.29, 0.717) is 11.4 Å². The third kappa shape index (κ3) is 1.96. The number of hydrogen-bond acceptors (Lipinski definition) is 4. The van der Waals surface area contributed by atoms with E-state index >= 15 is 0 Å². The maximum Gasteiger partial charge on any atom is 0.150 e. The van der Waals surface area contributed by atoms with Crippen molar-refractivity contribution in [3.05, 3.63) is 23.1 Å². The monoisotopic (exact) mass is 180 g/mol. The SMILES string of the molecule is COc1cc(N(C)C)ccc1N=O. The maximum absolute atomic E-state index is 10.3. The summed E-state index contributed by atoms with van der Waals surface area (Å²) in [5.41, 5.74) is 1.30. The van der Waals surface area contributed by atoms with Gasteiger partial charge in [-0.2, -0.15) is 0 Å². The Kier molecular flexibility index (Phi) is 2.84. The fraction of sp³-hybridized carbons (Fsp3) is 0.333. The standard InChI is InChI=1S/C9H12N2O2/c1-11(2)7-4-5-8(10-12)9(6-7)13-3/h4-6H,1-3H3. The van der Waals surface area contributed by atoms with E-state index in [4.69, 9.17) is 4.74 Å². The van der Waals surface area contributed by atoms with Gasteiger partial charge in [-0.15, -0.1) is 4.91 Å². The minimum absolute atomic E-state index is 0.327. The Bertz CT molecular complexity index is 310. The molecule has 1 aromatic rings. The van der Waals surface area contributed by atoms with Crippen LogP contribution >= 0.6 is 0 Å². The van der Waals surface area contributed by atoms with Gasteiger partial charge in [0.05, 0.1) is 7.11 Å². The summed E-state index contributed by atoms with van der Waals surface area (Å²) in [7, 11) is 5.36.